The molecule has 0 amide bonds. The normalized spacial score (nSPS) is 17.3. The van der Waals surface area contributed by atoms with E-state index in [1.54, 1.807) is 0 Å². The molecule has 2 aliphatic rings. The zero-order valence-electron chi connectivity index (χ0n) is 18.1. The number of hydrogen-bond donors (Lipinski definition) is 0. The second-order valence-corrected chi connectivity index (χ2v) is 12.5. The van der Waals surface area contributed by atoms with Crippen molar-refractivity contribution in [3.63, 3.8) is 0 Å². The standard InChI is InChI=1S/C21H24NPS.C5H5.Fe.HI/c1-22(2,3)17-18-11-10-16-21(18)23(24,19-12-6-4-7-13-19)20-14-8-5-9-15-20;1-2-4-5-3-1;;/h4-16H,17H2,1-3H3;1-5H;;1H/q+1;;+2;/p-1. The Labute approximate surface area is 223 Å². The van der Waals surface area contributed by atoms with Gasteiger partial charge in [-0.25, -0.2) is 0 Å². The van der Waals surface area contributed by atoms with Crippen molar-refractivity contribution in [1.82, 2.24) is 0 Å². The minimum Gasteiger partial charge on any atom is -1.00 e. The molecule has 1 nitrogen and oxygen atoms in total. The Bertz CT molecular complexity index is 739. The van der Waals surface area contributed by atoms with E-state index in [1.165, 1.54) is 22.2 Å². The first kappa shape index (κ1) is 29.3. The fourth-order valence-corrected chi connectivity index (χ4v) is 7.57. The second kappa shape index (κ2) is 13.9. The van der Waals surface area contributed by atoms with Gasteiger partial charge in [0.1, 0.15) is 0 Å². The molecule has 2 aromatic rings. The predicted molar refractivity (Wildman–Crippen MR) is 130 cm³/mol. The van der Waals surface area contributed by atoms with Crippen LogP contribution in [-0.4, -0.2) is 32.2 Å². The third-order valence-corrected chi connectivity index (χ3v) is 9.68. The smallest absolute Gasteiger partial charge is 1.00 e. The quantitative estimate of drug-likeness (QED) is 0.217. The van der Waals surface area contributed by atoms with Crippen LogP contribution in [0.2, 0.25) is 0 Å². The first-order chi connectivity index (χ1) is 13.9. The Morgan fingerprint density at radius 1 is 0.677 bits per heavy atom. The monoisotopic (exact) mass is 601 g/mol. The van der Waals surface area contributed by atoms with Gasteiger partial charge in [-0.15, -0.1) is 0 Å². The van der Waals surface area contributed by atoms with E-state index in [2.05, 4.69) is 101 Å². The number of quaternary nitrogens is 1. The third-order valence-electron chi connectivity index (χ3n) is 4.66. The molecule has 0 saturated heterocycles. The molecule has 2 aromatic carbocycles. The van der Waals surface area contributed by atoms with Gasteiger partial charge in [0.05, 0.1) is 27.7 Å². The summed E-state index contributed by atoms with van der Waals surface area (Å²) >= 11 is 6.44. The second-order valence-electron chi connectivity index (χ2n) is 8.13. The first-order valence-corrected chi connectivity index (χ1v) is 12.6. The van der Waals surface area contributed by atoms with Gasteiger partial charge in [-0.1, -0.05) is 72.5 Å². The zero-order chi connectivity index (χ0) is 20.7. The Kier molecular flexibility index (Phi) is 13.1. The van der Waals surface area contributed by atoms with Crippen molar-refractivity contribution in [3.8, 4) is 0 Å². The molecule has 0 atom stereocenters. The summed E-state index contributed by atoms with van der Waals surface area (Å²) < 4.78 is 0.899. The molecule has 0 aromatic heterocycles. The van der Waals surface area contributed by atoms with Crippen LogP contribution in [0.5, 0.6) is 0 Å². The van der Waals surface area contributed by atoms with E-state index in [9.17, 15) is 0 Å². The minimum atomic E-state index is -2.03. The molecule has 0 aliphatic heterocycles. The molecule has 4 rings (SSSR count). The first-order valence-electron chi connectivity index (χ1n) is 9.85. The van der Waals surface area contributed by atoms with E-state index < -0.39 is 6.04 Å². The van der Waals surface area contributed by atoms with Crippen LogP contribution in [0.25, 0.3) is 0 Å². The maximum absolute atomic E-state index is 6.44. The molecule has 5 heteroatoms. The average Bonchev–Trinajstić information content (AvgIpc) is 3.43. The number of rotatable bonds is 5. The molecular formula is C26H29FeINPS+2. The average molecular weight is 601 g/mol. The largest absolute Gasteiger partial charge is 2.00 e. The van der Waals surface area contributed by atoms with Crippen molar-refractivity contribution in [2.45, 2.75) is 0 Å². The third kappa shape index (κ3) is 8.23. The van der Waals surface area contributed by atoms with Gasteiger partial charge in [-0.3, -0.25) is 0 Å². The van der Waals surface area contributed by atoms with Crippen molar-refractivity contribution in [2.75, 3.05) is 27.7 Å². The van der Waals surface area contributed by atoms with E-state index in [0.29, 0.717) is 0 Å². The number of hydrogen-bond acceptors (Lipinski definition) is 1. The van der Waals surface area contributed by atoms with Crippen molar-refractivity contribution in [2.24, 2.45) is 0 Å². The Balaban J connectivity index is 0.000000606. The molecule has 2 saturated carbocycles. The van der Waals surface area contributed by atoms with E-state index >= 15 is 0 Å². The van der Waals surface area contributed by atoms with E-state index in [1.807, 2.05) is 32.1 Å². The molecule has 0 unspecified atom stereocenters. The van der Waals surface area contributed by atoms with Crippen LogP contribution in [-0.2, 0) is 28.9 Å². The van der Waals surface area contributed by atoms with Gasteiger partial charge in [-0.05, 0) is 62.0 Å². The zero-order valence-corrected chi connectivity index (χ0v) is 23.1. The van der Waals surface area contributed by atoms with Gasteiger partial charge < -0.3 is 28.5 Å². The summed E-state index contributed by atoms with van der Waals surface area (Å²) in [5.41, 5.74) is 1.34. The Morgan fingerprint density at radius 2 is 1.10 bits per heavy atom. The van der Waals surface area contributed by atoms with Crippen LogP contribution in [0.3, 0.4) is 0 Å². The molecule has 0 bridgehead atoms. The van der Waals surface area contributed by atoms with Crippen LogP contribution in [0.15, 0.2) is 60.7 Å². The molecule has 10 radical (unpaired) electrons. The SMILES string of the molecule is C[N+](C)(C)C[C]1[CH][CH][CH][C]1P(=S)(c1ccccc1)c1ccccc1.[CH]1[CH][CH][CH][CH]1.[Fe+2].[I-]. The van der Waals surface area contributed by atoms with Crippen molar-refractivity contribution >= 4 is 28.5 Å². The summed E-state index contributed by atoms with van der Waals surface area (Å²) in [6, 6.07) is 19.3. The summed E-state index contributed by atoms with van der Waals surface area (Å²) in [5.74, 6) is 1.37. The topological polar surface area (TPSA) is 0 Å². The van der Waals surface area contributed by atoms with E-state index in [-0.39, 0.29) is 41.0 Å². The van der Waals surface area contributed by atoms with Crippen molar-refractivity contribution < 1.29 is 45.5 Å². The molecule has 162 valence electrons. The van der Waals surface area contributed by atoms with Crippen LogP contribution >= 0.6 is 6.04 Å². The number of benzene rings is 2. The van der Waals surface area contributed by atoms with Crippen LogP contribution < -0.4 is 34.6 Å². The van der Waals surface area contributed by atoms with Gasteiger partial charge in [-0.2, -0.15) is 0 Å². The van der Waals surface area contributed by atoms with Gasteiger partial charge in [0, 0.05) is 17.6 Å². The van der Waals surface area contributed by atoms with Crippen LogP contribution in [0.4, 0.5) is 0 Å². The van der Waals surface area contributed by atoms with E-state index in [0.717, 1.165) is 11.0 Å². The summed E-state index contributed by atoms with van der Waals surface area (Å²) in [6.45, 7) is 0.986. The van der Waals surface area contributed by atoms with Gasteiger partial charge in [0.25, 0.3) is 0 Å². The van der Waals surface area contributed by atoms with Crippen LogP contribution in [0, 0.1) is 62.9 Å². The Hall–Kier alpha value is 0.299. The molecular weight excluding hydrogens is 572 g/mol. The van der Waals surface area contributed by atoms with Gasteiger partial charge in [0.15, 0.2) is 0 Å². The number of nitrogens with zero attached hydrogens (tertiary/aromatic N) is 1. The molecule has 0 N–H and O–H groups in total. The molecule has 0 heterocycles. The van der Waals surface area contributed by atoms with Crippen LogP contribution in [0.1, 0.15) is 0 Å². The Morgan fingerprint density at radius 3 is 1.48 bits per heavy atom. The van der Waals surface area contributed by atoms with Gasteiger partial charge in [0.2, 0.25) is 0 Å². The molecule has 31 heavy (non-hydrogen) atoms. The predicted octanol–water partition coefficient (Wildman–Crippen LogP) is 1.58. The van der Waals surface area contributed by atoms with Crippen molar-refractivity contribution in [1.29, 1.82) is 0 Å². The number of halogens is 1. The summed E-state index contributed by atoms with van der Waals surface area (Å²) in [5, 5.41) is 2.53. The van der Waals surface area contributed by atoms with Crippen molar-refractivity contribution in [3.05, 3.63) is 124 Å². The fourth-order valence-electron chi connectivity index (χ4n) is 3.42. The molecule has 2 fully saturated rings. The summed E-state index contributed by atoms with van der Waals surface area (Å²) in [6.07, 6.45) is 16.6. The molecule has 2 aliphatic carbocycles. The minimum absolute atomic E-state index is 0. The fraction of sp³-hybridized carbons (Fsp3) is 0.154. The summed E-state index contributed by atoms with van der Waals surface area (Å²) in [4.78, 5) is 0. The maximum Gasteiger partial charge on any atom is 2.00 e. The summed E-state index contributed by atoms with van der Waals surface area (Å²) in [7, 11) is 6.68. The van der Waals surface area contributed by atoms with Gasteiger partial charge >= 0.3 is 17.1 Å². The maximum atomic E-state index is 6.44. The molecule has 0 spiro atoms. The van der Waals surface area contributed by atoms with E-state index in [4.69, 9.17) is 11.8 Å².